The van der Waals surface area contributed by atoms with Crippen molar-refractivity contribution in [3.8, 4) is 0 Å². The molecule has 1 aliphatic carbocycles. The molecule has 1 aromatic rings. The summed E-state index contributed by atoms with van der Waals surface area (Å²) in [6, 6.07) is 0. The average Bonchev–Trinajstić information content (AvgIpc) is 2.77. The van der Waals surface area contributed by atoms with E-state index in [4.69, 9.17) is 5.73 Å². The Morgan fingerprint density at radius 3 is 2.50 bits per heavy atom. The van der Waals surface area contributed by atoms with Crippen LogP contribution in [-0.4, -0.2) is 36.1 Å². The fourth-order valence-electron chi connectivity index (χ4n) is 2.46. The molecule has 110 valence electrons. The van der Waals surface area contributed by atoms with E-state index in [1.807, 2.05) is 0 Å². The third-order valence-corrected chi connectivity index (χ3v) is 4.66. The lowest BCUT2D eigenvalue weighted by atomic mass is 9.97. The number of carbonyl (C=O) groups is 1. The van der Waals surface area contributed by atoms with E-state index in [1.165, 1.54) is 6.20 Å². The average molecular weight is 298 g/mol. The summed E-state index contributed by atoms with van der Waals surface area (Å²) in [4.78, 5) is 19.7. The molecule has 8 heteroatoms. The maximum Gasteiger partial charge on any atom is 0.243 e. The predicted molar refractivity (Wildman–Crippen MR) is 73.9 cm³/mol. The first kappa shape index (κ1) is 14.7. The van der Waals surface area contributed by atoms with Gasteiger partial charge in [0.2, 0.25) is 5.91 Å². The first-order chi connectivity index (χ1) is 9.24. The third-order valence-electron chi connectivity index (χ3n) is 3.56. The summed E-state index contributed by atoms with van der Waals surface area (Å²) in [7, 11) is -3.48. The van der Waals surface area contributed by atoms with E-state index in [0.717, 1.165) is 19.1 Å². The van der Waals surface area contributed by atoms with Crippen LogP contribution in [0.4, 0.5) is 5.82 Å². The summed E-state index contributed by atoms with van der Waals surface area (Å²) in [5, 5.41) is 2.96. The lowest BCUT2D eigenvalue weighted by molar-refractivity contribution is -0.122. The topological polar surface area (TPSA) is 115 Å². The number of nitrogens with two attached hydrogens (primary N) is 1. The minimum absolute atomic E-state index is 0.0179. The Hall–Kier alpha value is -1.70. The van der Waals surface area contributed by atoms with Crippen LogP contribution in [0.25, 0.3) is 0 Å². The molecule has 1 aliphatic rings. The predicted octanol–water partition coefficient (Wildman–Crippen LogP) is 0.399. The molecule has 1 saturated carbocycles. The van der Waals surface area contributed by atoms with Crippen molar-refractivity contribution in [2.24, 2.45) is 5.73 Å². The van der Waals surface area contributed by atoms with Gasteiger partial charge in [-0.15, -0.1) is 0 Å². The number of nitrogens with one attached hydrogen (secondary N) is 1. The number of aromatic nitrogens is 2. The standard InChI is InChI=1S/C12H18N4O3S/c1-8-14-7-9(20(2,18)19)10(15-8)16-12(11(13)17)5-3-4-6-12/h7H,3-6H2,1-2H3,(H2,13,17)(H,14,15,16). The molecule has 1 fully saturated rings. The Morgan fingerprint density at radius 1 is 1.40 bits per heavy atom. The van der Waals surface area contributed by atoms with Gasteiger partial charge in [0, 0.05) is 6.26 Å². The zero-order chi connectivity index (χ0) is 15.0. The van der Waals surface area contributed by atoms with Gasteiger partial charge in [-0.25, -0.2) is 18.4 Å². The van der Waals surface area contributed by atoms with Gasteiger partial charge in [0.25, 0.3) is 0 Å². The molecule has 0 aromatic carbocycles. The fraction of sp³-hybridized carbons (Fsp3) is 0.583. The molecule has 1 heterocycles. The van der Waals surface area contributed by atoms with Crippen molar-refractivity contribution in [2.45, 2.75) is 43.0 Å². The SMILES string of the molecule is Cc1ncc(S(C)(=O)=O)c(NC2(C(N)=O)CCCC2)n1. The molecule has 0 unspecified atom stereocenters. The second-order valence-corrected chi connectivity index (χ2v) is 7.16. The maximum absolute atomic E-state index is 11.8. The van der Waals surface area contributed by atoms with Crippen LogP contribution in [0.1, 0.15) is 31.5 Å². The Balaban J connectivity index is 2.47. The highest BCUT2D eigenvalue weighted by atomic mass is 32.2. The van der Waals surface area contributed by atoms with Crippen LogP contribution in [0.2, 0.25) is 0 Å². The molecule has 0 atom stereocenters. The molecule has 1 amide bonds. The number of amides is 1. The van der Waals surface area contributed by atoms with Crippen LogP contribution >= 0.6 is 0 Å². The molecule has 2 rings (SSSR count). The van der Waals surface area contributed by atoms with Crippen LogP contribution in [0.5, 0.6) is 0 Å². The molecular formula is C12H18N4O3S. The number of primary amides is 1. The number of rotatable bonds is 4. The third kappa shape index (κ3) is 2.74. The number of hydrogen-bond acceptors (Lipinski definition) is 6. The van der Waals surface area contributed by atoms with Gasteiger partial charge in [-0.3, -0.25) is 4.79 Å². The smallest absolute Gasteiger partial charge is 0.243 e. The Bertz CT molecular complexity index is 636. The minimum Gasteiger partial charge on any atom is -0.368 e. The van der Waals surface area contributed by atoms with E-state index in [0.29, 0.717) is 18.7 Å². The van der Waals surface area contributed by atoms with Crippen LogP contribution in [0, 0.1) is 6.92 Å². The molecule has 1 aromatic heterocycles. The van der Waals surface area contributed by atoms with Gasteiger partial charge in [0.15, 0.2) is 9.84 Å². The minimum atomic E-state index is -3.48. The van der Waals surface area contributed by atoms with Crippen LogP contribution in [0.15, 0.2) is 11.1 Å². The van der Waals surface area contributed by atoms with Crippen molar-refractivity contribution in [3.63, 3.8) is 0 Å². The van der Waals surface area contributed by atoms with E-state index in [2.05, 4.69) is 15.3 Å². The van der Waals surface area contributed by atoms with Gasteiger partial charge >= 0.3 is 0 Å². The Labute approximate surface area is 117 Å². The number of nitrogens with zero attached hydrogens (tertiary/aromatic N) is 2. The van der Waals surface area contributed by atoms with E-state index in [1.54, 1.807) is 6.92 Å². The van der Waals surface area contributed by atoms with Gasteiger partial charge in [0.1, 0.15) is 22.1 Å². The Kier molecular flexibility index (Phi) is 3.68. The monoisotopic (exact) mass is 298 g/mol. The molecule has 0 spiro atoms. The van der Waals surface area contributed by atoms with Crippen molar-refractivity contribution in [2.75, 3.05) is 11.6 Å². The summed E-state index contributed by atoms with van der Waals surface area (Å²) in [5.41, 5.74) is 4.57. The Morgan fingerprint density at radius 2 is 2.00 bits per heavy atom. The number of sulfone groups is 1. The molecule has 0 radical (unpaired) electrons. The van der Waals surface area contributed by atoms with Crippen molar-refractivity contribution >= 4 is 21.6 Å². The second kappa shape index (κ2) is 5.01. The van der Waals surface area contributed by atoms with Gasteiger partial charge in [-0.2, -0.15) is 0 Å². The van der Waals surface area contributed by atoms with Gasteiger partial charge in [-0.1, -0.05) is 12.8 Å². The highest BCUT2D eigenvalue weighted by Gasteiger charge is 2.40. The molecular weight excluding hydrogens is 280 g/mol. The van der Waals surface area contributed by atoms with Crippen molar-refractivity contribution < 1.29 is 13.2 Å². The van der Waals surface area contributed by atoms with Crippen molar-refractivity contribution in [1.82, 2.24) is 9.97 Å². The molecule has 3 N–H and O–H groups in total. The summed E-state index contributed by atoms with van der Waals surface area (Å²) in [5.74, 6) is 0.101. The summed E-state index contributed by atoms with van der Waals surface area (Å²) in [6.45, 7) is 1.66. The lowest BCUT2D eigenvalue weighted by Gasteiger charge is -2.28. The van der Waals surface area contributed by atoms with Gasteiger partial charge < -0.3 is 11.1 Å². The first-order valence-corrected chi connectivity index (χ1v) is 8.25. The zero-order valence-corrected chi connectivity index (χ0v) is 12.3. The van der Waals surface area contributed by atoms with Crippen LogP contribution in [0.3, 0.4) is 0 Å². The van der Waals surface area contributed by atoms with Crippen LogP contribution < -0.4 is 11.1 Å². The maximum atomic E-state index is 11.8. The molecule has 0 saturated heterocycles. The normalized spacial score (nSPS) is 17.9. The first-order valence-electron chi connectivity index (χ1n) is 6.36. The summed E-state index contributed by atoms with van der Waals surface area (Å²) in [6.07, 6.45) is 5.23. The fourth-order valence-corrected chi connectivity index (χ4v) is 3.15. The molecule has 0 bridgehead atoms. The zero-order valence-electron chi connectivity index (χ0n) is 11.5. The quantitative estimate of drug-likeness (QED) is 0.831. The summed E-state index contributed by atoms with van der Waals surface area (Å²) < 4.78 is 23.6. The van der Waals surface area contributed by atoms with Crippen LogP contribution in [-0.2, 0) is 14.6 Å². The number of anilines is 1. The second-order valence-electron chi connectivity index (χ2n) is 5.18. The van der Waals surface area contributed by atoms with E-state index in [-0.39, 0.29) is 10.7 Å². The molecule has 7 nitrogen and oxygen atoms in total. The van der Waals surface area contributed by atoms with Gasteiger partial charge in [0.05, 0.1) is 6.20 Å². The highest BCUT2D eigenvalue weighted by Crippen LogP contribution is 2.34. The van der Waals surface area contributed by atoms with Crippen molar-refractivity contribution in [1.29, 1.82) is 0 Å². The number of carbonyl (C=O) groups excluding carboxylic acids is 1. The highest BCUT2D eigenvalue weighted by molar-refractivity contribution is 7.90. The van der Waals surface area contributed by atoms with Crippen molar-refractivity contribution in [3.05, 3.63) is 12.0 Å². The largest absolute Gasteiger partial charge is 0.368 e. The molecule has 20 heavy (non-hydrogen) atoms. The van der Waals surface area contributed by atoms with E-state index < -0.39 is 21.3 Å². The summed E-state index contributed by atoms with van der Waals surface area (Å²) >= 11 is 0. The van der Waals surface area contributed by atoms with E-state index in [9.17, 15) is 13.2 Å². The lowest BCUT2D eigenvalue weighted by Crippen LogP contribution is -2.48. The molecule has 0 aliphatic heterocycles. The number of hydrogen-bond donors (Lipinski definition) is 2. The van der Waals surface area contributed by atoms with Gasteiger partial charge in [-0.05, 0) is 19.8 Å². The van der Waals surface area contributed by atoms with E-state index >= 15 is 0 Å². The number of aryl methyl sites for hydroxylation is 1.